The van der Waals surface area contributed by atoms with E-state index in [0.717, 1.165) is 23.9 Å². The summed E-state index contributed by atoms with van der Waals surface area (Å²) in [6.07, 6.45) is -3.64. The summed E-state index contributed by atoms with van der Waals surface area (Å²) in [5, 5.41) is -0.0243. The third kappa shape index (κ3) is 2.49. The number of ketones is 1. The van der Waals surface area contributed by atoms with Gasteiger partial charge in [-0.3, -0.25) is 4.79 Å². The first-order chi connectivity index (χ1) is 7.29. The molecule has 0 N–H and O–H groups in total. The molecule has 0 heterocycles. The van der Waals surface area contributed by atoms with Gasteiger partial charge in [-0.1, -0.05) is 11.6 Å². The van der Waals surface area contributed by atoms with Crippen LogP contribution in [-0.2, 0) is 0 Å². The third-order valence-electron chi connectivity index (χ3n) is 1.76. The van der Waals surface area contributed by atoms with Crippen molar-refractivity contribution < 1.29 is 22.4 Å². The summed E-state index contributed by atoms with van der Waals surface area (Å²) >= 11 is 6.40. The number of carbonyl (C=O) groups excluding carboxylic acids is 1. The lowest BCUT2D eigenvalue weighted by Crippen LogP contribution is -2.24. The summed E-state index contributed by atoms with van der Waals surface area (Å²) in [6.45, 7) is 0. The molecule has 0 aromatic heterocycles. The Kier molecular flexibility index (Phi) is 3.85. The Labute approximate surface area is 97.8 Å². The zero-order valence-corrected chi connectivity index (χ0v) is 9.43. The minimum absolute atomic E-state index is 0.0243. The summed E-state index contributed by atoms with van der Waals surface area (Å²) in [6, 6.07) is 1.79. The number of thioether (sulfide) groups is 1. The van der Waals surface area contributed by atoms with E-state index in [4.69, 9.17) is 11.6 Å². The molecule has 7 heteroatoms. The quantitative estimate of drug-likeness (QED) is 0.461. The van der Waals surface area contributed by atoms with E-state index in [0.29, 0.717) is 0 Å². The number of Topliss-reactive ketones (excluding diaryl/α,β-unsaturated/α-hetero) is 1. The smallest absolute Gasteiger partial charge is 0.284 e. The van der Waals surface area contributed by atoms with E-state index in [9.17, 15) is 22.4 Å². The second-order valence-corrected chi connectivity index (χ2v) is 3.99. The van der Waals surface area contributed by atoms with Gasteiger partial charge in [-0.05, 0) is 18.4 Å². The van der Waals surface area contributed by atoms with Gasteiger partial charge in [-0.15, -0.1) is 11.8 Å². The van der Waals surface area contributed by atoms with Crippen molar-refractivity contribution in [3.63, 3.8) is 0 Å². The molecule has 0 atom stereocenters. The van der Waals surface area contributed by atoms with Crippen LogP contribution in [0.15, 0.2) is 17.0 Å². The largest absolute Gasteiger partial charge is 0.454 e. The molecular formula is C9H5ClF4OS. The Hall–Kier alpha value is -0.750. The number of carbonyl (C=O) groups is 1. The zero-order valence-electron chi connectivity index (χ0n) is 7.86. The van der Waals surface area contributed by atoms with Gasteiger partial charge in [0.2, 0.25) is 0 Å². The monoisotopic (exact) mass is 272 g/mol. The second kappa shape index (κ2) is 4.63. The Bertz CT molecular complexity index is 430. The topological polar surface area (TPSA) is 17.1 Å². The van der Waals surface area contributed by atoms with Gasteiger partial charge in [0.05, 0.1) is 15.5 Å². The van der Waals surface area contributed by atoms with Crippen molar-refractivity contribution in [3.05, 3.63) is 28.5 Å². The SMILES string of the molecule is CSc1c(Cl)ccc(C(=O)C(F)(F)F)c1F. The normalized spacial score (nSPS) is 11.6. The average Bonchev–Trinajstić information content (AvgIpc) is 2.16. The van der Waals surface area contributed by atoms with Gasteiger partial charge in [-0.25, -0.2) is 4.39 Å². The summed E-state index contributed by atoms with van der Waals surface area (Å²) in [5.74, 6) is -3.45. The number of halogens is 5. The molecule has 0 unspecified atom stereocenters. The van der Waals surface area contributed by atoms with E-state index in [1.165, 1.54) is 6.26 Å². The molecule has 0 amide bonds. The van der Waals surface area contributed by atoms with Crippen molar-refractivity contribution in [1.82, 2.24) is 0 Å². The van der Waals surface area contributed by atoms with Crippen LogP contribution in [0.25, 0.3) is 0 Å². The van der Waals surface area contributed by atoms with Crippen LogP contribution in [0, 0.1) is 5.82 Å². The highest BCUT2D eigenvalue weighted by atomic mass is 35.5. The molecule has 1 rings (SSSR count). The van der Waals surface area contributed by atoms with Crippen molar-refractivity contribution in [2.45, 2.75) is 11.1 Å². The minimum atomic E-state index is -5.09. The van der Waals surface area contributed by atoms with Gasteiger partial charge < -0.3 is 0 Å². The average molecular weight is 273 g/mol. The molecule has 88 valence electrons. The van der Waals surface area contributed by atoms with Crippen LogP contribution in [0.2, 0.25) is 5.02 Å². The van der Waals surface area contributed by atoms with Crippen LogP contribution in [0.3, 0.4) is 0 Å². The first kappa shape index (κ1) is 13.3. The molecule has 0 aliphatic carbocycles. The number of hydrogen-bond donors (Lipinski definition) is 0. The molecule has 0 aliphatic rings. The van der Waals surface area contributed by atoms with Crippen molar-refractivity contribution >= 4 is 29.1 Å². The number of rotatable bonds is 2. The fraction of sp³-hybridized carbons (Fsp3) is 0.222. The van der Waals surface area contributed by atoms with Gasteiger partial charge in [0.25, 0.3) is 5.78 Å². The summed E-state index contributed by atoms with van der Waals surface area (Å²) in [5.41, 5.74) is -1.01. The Morgan fingerprint density at radius 1 is 1.38 bits per heavy atom. The molecule has 1 aromatic carbocycles. The van der Waals surface area contributed by atoms with Crippen molar-refractivity contribution in [3.8, 4) is 0 Å². The van der Waals surface area contributed by atoms with E-state index >= 15 is 0 Å². The molecule has 0 fully saturated rings. The van der Waals surface area contributed by atoms with Crippen LogP contribution in [0.4, 0.5) is 17.6 Å². The molecule has 1 aromatic rings. The molecule has 0 bridgehead atoms. The highest BCUT2D eigenvalue weighted by Gasteiger charge is 2.41. The van der Waals surface area contributed by atoms with Crippen molar-refractivity contribution in [2.24, 2.45) is 0 Å². The maximum absolute atomic E-state index is 13.5. The fourth-order valence-corrected chi connectivity index (χ4v) is 1.98. The second-order valence-electron chi connectivity index (χ2n) is 2.77. The standard InChI is InChI=1S/C9H5ClF4OS/c1-16-7-5(10)3-2-4(6(7)11)8(15)9(12,13)14/h2-3H,1H3. The highest BCUT2D eigenvalue weighted by molar-refractivity contribution is 7.98. The van der Waals surface area contributed by atoms with E-state index < -0.39 is 23.3 Å². The van der Waals surface area contributed by atoms with Gasteiger partial charge in [0.15, 0.2) is 0 Å². The summed E-state index contributed by atoms with van der Waals surface area (Å²) in [4.78, 5) is 10.7. The van der Waals surface area contributed by atoms with Gasteiger partial charge >= 0.3 is 6.18 Å². The van der Waals surface area contributed by atoms with Gasteiger partial charge in [-0.2, -0.15) is 13.2 Å². The number of benzene rings is 1. The predicted octanol–water partition coefficient (Wildman–Crippen LogP) is 3.95. The van der Waals surface area contributed by atoms with Crippen LogP contribution in [0.5, 0.6) is 0 Å². The van der Waals surface area contributed by atoms with Gasteiger partial charge in [0.1, 0.15) is 5.82 Å². The molecule has 0 saturated carbocycles. The lowest BCUT2D eigenvalue weighted by molar-refractivity contribution is -0.0887. The van der Waals surface area contributed by atoms with Gasteiger partial charge in [0, 0.05) is 0 Å². The van der Waals surface area contributed by atoms with Crippen LogP contribution < -0.4 is 0 Å². The van der Waals surface area contributed by atoms with E-state index in [2.05, 4.69) is 0 Å². The third-order valence-corrected chi connectivity index (χ3v) is 2.99. The maximum Gasteiger partial charge on any atom is 0.454 e. The molecule has 0 spiro atoms. The van der Waals surface area contributed by atoms with E-state index in [-0.39, 0.29) is 9.92 Å². The molecular weight excluding hydrogens is 268 g/mol. The summed E-state index contributed by atoms with van der Waals surface area (Å²) in [7, 11) is 0. The Morgan fingerprint density at radius 3 is 2.38 bits per heavy atom. The zero-order chi connectivity index (χ0) is 12.5. The number of hydrogen-bond acceptors (Lipinski definition) is 2. The Balaban J connectivity index is 3.32. The lowest BCUT2D eigenvalue weighted by Gasteiger charge is -2.09. The molecule has 0 radical (unpaired) electrons. The molecule has 0 aliphatic heterocycles. The number of alkyl halides is 3. The molecule has 1 nitrogen and oxygen atoms in total. The highest BCUT2D eigenvalue weighted by Crippen LogP contribution is 2.32. The Morgan fingerprint density at radius 2 is 1.94 bits per heavy atom. The molecule has 0 saturated heterocycles. The fourth-order valence-electron chi connectivity index (χ4n) is 1.05. The van der Waals surface area contributed by atoms with Crippen LogP contribution in [-0.4, -0.2) is 18.2 Å². The first-order valence-corrected chi connectivity index (χ1v) is 5.52. The predicted molar refractivity (Wildman–Crippen MR) is 53.6 cm³/mol. The lowest BCUT2D eigenvalue weighted by atomic mass is 10.1. The van der Waals surface area contributed by atoms with E-state index in [1.807, 2.05) is 0 Å². The molecule has 16 heavy (non-hydrogen) atoms. The van der Waals surface area contributed by atoms with Crippen molar-refractivity contribution in [1.29, 1.82) is 0 Å². The van der Waals surface area contributed by atoms with E-state index in [1.54, 1.807) is 0 Å². The summed E-state index contributed by atoms with van der Waals surface area (Å²) < 4.78 is 49.8. The maximum atomic E-state index is 13.5. The first-order valence-electron chi connectivity index (χ1n) is 3.92. The van der Waals surface area contributed by atoms with Crippen molar-refractivity contribution in [2.75, 3.05) is 6.26 Å². The van der Waals surface area contributed by atoms with Crippen LogP contribution >= 0.6 is 23.4 Å². The minimum Gasteiger partial charge on any atom is -0.284 e. The van der Waals surface area contributed by atoms with Crippen LogP contribution in [0.1, 0.15) is 10.4 Å².